The van der Waals surface area contributed by atoms with Gasteiger partial charge in [-0.2, -0.15) is 4.31 Å². The van der Waals surface area contributed by atoms with Crippen LogP contribution in [0.25, 0.3) is 0 Å². The zero-order valence-electron chi connectivity index (χ0n) is 15.9. The molecule has 0 aliphatic carbocycles. The molecule has 1 fully saturated rings. The Kier molecular flexibility index (Phi) is 6.75. The number of nitrogens with one attached hydrogen (secondary N) is 1. The van der Waals surface area contributed by atoms with Crippen molar-refractivity contribution in [1.29, 1.82) is 0 Å². The smallest absolute Gasteiger partial charge is 0.253 e. The van der Waals surface area contributed by atoms with E-state index in [1.54, 1.807) is 0 Å². The topological polar surface area (TPSA) is 66.5 Å². The predicted octanol–water partition coefficient (Wildman–Crippen LogP) is 4.40. The van der Waals surface area contributed by atoms with Crippen molar-refractivity contribution in [2.75, 3.05) is 13.1 Å². The summed E-state index contributed by atoms with van der Waals surface area (Å²) in [4.78, 5) is 13.0. The number of hydrogen-bond acceptors (Lipinski definition) is 3. The van der Waals surface area contributed by atoms with Crippen LogP contribution in [0.15, 0.2) is 53.4 Å². The molecule has 1 heterocycles. The standard InChI is InChI=1S/C21H25ClN2O3S/c1-2-8-20(16-9-4-3-5-10-16)23-21(25)18-15-17(11-12-19(18)22)28(26,27)24-13-6-7-14-24/h3-5,9-12,15,20H,2,6-8,13-14H2,1H3,(H,23,25). The number of halogens is 1. The average molecular weight is 421 g/mol. The molecular weight excluding hydrogens is 396 g/mol. The first-order chi connectivity index (χ1) is 13.4. The molecule has 0 aromatic heterocycles. The van der Waals surface area contributed by atoms with Gasteiger partial charge in [-0.05, 0) is 43.0 Å². The molecule has 1 saturated heterocycles. The molecule has 1 atom stereocenters. The fourth-order valence-corrected chi connectivity index (χ4v) is 5.20. The van der Waals surface area contributed by atoms with E-state index in [0.717, 1.165) is 31.2 Å². The maximum atomic E-state index is 12.9. The molecule has 150 valence electrons. The van der Waals surface area contributed by atoms with E-state index < -0.39 is 10.0 Å². The summed E-state index contributed by atoms with van der Waals surface area (Å²) >= 11 is 6.24. The van der Waals surface area contributed by atoms with Gasteiger partial charge in [0.05, 0.1) is 21.5 Å². The third-order valence-corrected chi connectivity index (χ3v) is 7.19. The summed E-state index contributed by atoms with van der Waals surface area (Å²) in [6.07, 6.45) is 3.39. The van der Waals surface area contributed by atoms with Crippen LogP contribution in [0.1, 0.15) is 54.6 Å². The van der Waals surface area contributed by atoms with Crippen molar-refractivity contribution >= 4 is 27.5 Å². The number of hydrogen-bond donors (Lipinski definition) is 1. The molecule has 0 bridgehead atoms. The SMILES string of the molecule is CCCC(NC(=O)c1cc(S(=O)(=O)N2CCCC2)ccc1Cl)c1ccccc1. The van der Waals surface area contributed by atoms with Gasteiger partial charge in [-0.3, -0.25) is 4.79 Å². The number of nitrogens with zero attached hydrogens (tertiary/aromatic N) is 1. The average Bonchev–Trinajstić information content (AvgIpc) is 3.24. The first kappa shape index (κ1) is 20.8. The number of sulfonamides is 1. The van der Waals surface area contributed by atoms with Gasteiger partial charge in [0.2, 0.25) is 10.0 Å². The molecule has 0 spiro atoms. The van der Waals surface area contributed by atoms with Crippen LogP contribution in [0.5, 0.6) is 0 Å². The molecule has 2 aromatic rings. The Labute approximate surface area is 171 Å². The van der Waals surface area contributed by atoms with Crippen LogP contribution in [-0.2, 0) is 10.0 Å². The summed E-state index contributed by atoms with van der Waals surface area (Å²) in [6.45, 7) is 3.08. The highest BCUT2D eigenvalue weighted by molar-refractivity contribution is 7.89. The predicted molar refractivity (Wildman–Crippen MR) is 111 cm³/mol. The molecule has 7 heteroatoms. The zero-order valence-corrected chi connectivity index (χ0v) is 17.5. The van der Waals surface area contributed by atoms with E-state index in [-0.39, 0.29) is 27.4 Å². The maximum Gasteiger partial charge on any atom is 0.253 e. The highest BCUT2D eigenvalue weighted by atomic mass is 35.5. The Bertz CT molecular complexity index is 926. The first-order valence-corrected chi connectivity index (χ1v) is 11.4. The summed E-state index contributed by atoms with van der Waals surface area (Å²) in [5, 5.41) is 3.24. The summed E-state index contributed by atoms with van der Waals surface area (Å²) in [6, 6.07) is 13.9. The summed E-state index contributed by atoms with van der Waals surface area (Å²) in [5.41, 5.74) is 1.19. The lowest BCUT2D eigenvalue weighted by atomic mass is 10.0. The highest BCUT2D eigenvalue weighted by Crippen LogP contribution is 2.26. The second-order valence-electron chi connectivity index (χ2n) is 6.98. The fourth-order valence-electron chi connectivity index (χ4n) is 3.45. The van der Waals surface area contributed by atoms with Crippen LogP contribution in [0.2, 0.25) is 5.02 Å². The molecule has 0 radical (unpaired) electrons. The zero-order chi connectivity index (χ0) is 20.1. The lowest BCUT2D eigenvalue weighted by molar-refractivity contribution is 0.0934. The molecule has 0 saturated carbocycles. The van der Waals surface area contributed by atoms with E-state index >= 15 is 0 Å². The third kappa shape index (κ3) is 4.57. The van der Waals surface area contributed by atoms with Gasteiger partial charge in [0, 0.05) is 13.1 Å². The van der Waals surface area contributed by atoms with Gasteiger partial charge in [-0.25, -0.2) is 8.42 Å². The van der Waals surface area contributed by atoms with Gasteiger partial charge in [0.1, 0.15) is 0 Å². The number of carbonyl (C=O) groups excluding carboxylic acids is 1. The van der Waals surface area contributed by atoms with Gasteiger partial charge in [-0.1, -0.05) is 55.3 Å². The van der Waals surface area contributed by atoms with Gasteiger partial charge >= 0.3 is 0 Å². The minimum atomic E-state index is -3.61. The number of rotatable bonds is 7. The molecule has 2 aromatic carbocycles. The van der Waals surface area contributed by atoms with E-state index in [1.165, 1.54) is 22.5 Å². The molecule has 5 nitrogen and oxygen atoms in total. The summed E-state index contributed by atoms with van der Waals surface area (Å²) < 4.78 is 27.1. The Hall–Kier alpha value is -1.89. The molecule has 1 aliphatic rings. The van der Waals surface area contributed by atoms with E-state index in [9.17, 15) is 13.2 Å². The largest absolute Gasteiger partial charge is 0.345 e. The van der Waals surface area contributed by atoms with Gasteiger partial charge in [-0.15, -0.1) is 0 Å². The van der Waals surface area contributed by atoms with Crippen LogP contribution >= 0.6 is 11.6 Å². The Morgan fingerprint density at radius 3 is 2.46 bits per heavy atom. The number of amides is 1. The molecule has 1 aliphatic heterocycles. The quantitative estimate of drug-likeness (QED) is 0.722. The van der Waals surface area contributed by atoms with E-state index in [2.05, 4.69) is 12.2 Å². The van der Waals surface area contributed by atoms with Gasteiger partial charge in [0.15, 0.2) is 0 Å². The van der Waals surface area contributed by atoms with Crippen molar-refractivity contribution in [2.24, 2.45) is 0 Å². The van der Waals surface area contributed by atoms with Crippen molar-refractivity contribution in [2.45, 2.75) is 43.5 Å². The van der Waals surface area contributed by atoms with Crippen LogP contribution in [0, 0.1) is 0 Å². The van der Waals surface area contributed by atoms with Crippen LogP contribution in [-0.4, -0.2) is 31.7 Å². The van der Waals surface area contributed by atoms with Gasteiger partial charge < -0.3 is 5.32 Å². The monoisotopic (exact) mass is 420 g/mol. The molecule has 28 heavy (non-hydrogen) atoms. The van der Waals surface area contributed by atoms with Crippen molar-refractivity contribution in [3.63, 3.8) is 0 Å². The van der Waals surface area contributed by atoms with E-state index in [0.29, 0.717) is 13.1 Å². The van der Waals surface area contributed by atoms with Crippen molar-refractivity contribution in [3.05, 3.63) is 64.7 Å². The Morgan fingerprint density at radius 2 is 1.82 bits per heavy atom. The minimum Gasteiger partial charge on any atom is -0.345 e. The summed E-state index contributed by atoms with van der Waals surface area (Å²) in [7, 11) is -3.61. The van der Waals surface area contributed by atoms with Crippen molar-refractivity contribution in [3.8, 4) is 0 Å². The van der Waals surface area contributed by atoms with Crippen molar-refractivity contribution < 1.29 is 13.2 Å². The number of benzene rings is 2. The molecule has 1 unspecified atom stereocenters. The lowest BCUT2D eigenvalue weighted by Gasteiger charge is -2.20. The van der Waals surface area contributed by atoms with Crippen LogP contribution in [0.3, 0.4) is 0 Å². The van der Waals surface area contributed by atoms with E-state index in [4.69, 9.17) is 11.6 Å². The van der Waals surface area contributed by atoms with Crippen LogP contribution < -0.4 is 5.32 Å². The second kappa shape index (κ2) is 9.07. The molecule has 3 rings (SSSR count). The first-order valence-electron chi connectivity index (χ1n) is 9.59. The van der Waals surface area contributed by atoms with E-state index in [1.807, 2.05) is 30.3 Å². The summed E-state index contributed by atoms with van der Waals surface area (Å²) in [5.74, 6) is -0.370. The number of carbonyl (C=O) groups is 1. The fraction of sp³-hybridized carbons (Fsp3) is 0.381. The minimum absolute atomic E-state index is 0.107. The third-order valence-electron chi connectivity index (χ3n) is 4.97. The molecule has 1 N–H and O–H groups in total. The van der Waals surface area contributed by atoms with Crippen molar-refractivity contribution in [1.82, 2.24) is 9.62 Å². The molecular formula is C21H25ClN2O3S. The molecule has 1 amide bonds. The highest BCUT2D eigenvalue weighted by Gasteiger charge is 2.28. The lowest BCUT2D eigenvalue weighted by Crippen LogP contribution is -2.30. The Balaban J connectivity index is 1.86. The van der Waals surface area contributed by atoms with Crippen LogP contribution in [0.4, 0.5) is 0 Å². The normalized spacial score (nSPS) is 16.1. The Morgan fingerprint density at radius 1 is 1.14 bits per heavy atom. The maximum absolute atomic E-state index is 12.9. The van der Waals surface area contributed by atoms with Gasteiger partial charge in [0.25, 0.3) is 5.91 Å². The second-order valence-corrected chi connectivity index (χ2v) is 9.32.